The molecule has 0 radical (unpaired) electrons. The van der Waals surface area contributed by atoms with Gasteiger partial charge in [-0.2, -0.15) is 0 Å². The minimum atomic E-state index is -1.41. The van der Waals surface area contributed by atoms with Crippen LogP contribution in [0.15, 0.2) is 23.9 Å². The van der Waals surface area contributed by atoms with Crippen molar-refractivity contribution in [1.82, 2.24) is 5.32 Å². The van der Waals surface area contributed by atoms with Gasteiger partial charge in [-0.1, -0.05) is 6.08 Å². The molecule has 0 saturated carbocycles. The zero-order chi connectivity index (χ0) is 8.27. The quantitative estimate of drug-likeness (QED) is 0.534. The number of carbonyl (C=O) groups excluding carboxylic acids is 1. The van der Waals surface area contributed by atoms with Crippen LogP contribution in [0.4, 0.5) is 0 Å². The van der Waals surface area contributed by atoms with Crippen molar-refractivity contribution in [3.8, 4) is 0 Å². The van der Waals surface area contributed by atoms with E-state index in [2.05, 4.69) is 5.32 Å². The van der Waals surface area contributed by atoms with Crippen LogP contribution >= 0.6 is 0 Å². The first kappa shape index (κ1) is 7.53. The summed E-state index contributed by atoms with van der Waals surface area (Å²) < 4.78 is 0. The Kier molecular flexibility index (Phi) is 2.06. The molecule has 0 aromatic heterocycles. The molecular weight excluding hydrogens is 146 g/mol. The molecule has 11 heavy (non-hydrogen) atoms. The molecule has 0 amide bonds. The van der Waals surface area contributed by atoms with E-state index >= 15 is 0 Å². The number of nitrogens with one attached hydrogen (secondary N) is 1. The number of allylic oxidation sites excluding steroid dienone is 2. The summed E-state index contributed by atoms with van der Waals surface area (Å²) in [4.78, 5) is 20.9. The lowest BCUT2D eigenvalue weighted by molar-refractivity contribution is -0.147. The maximum Gasteiger partial charge on any atom is 0.376 e. The van der Waals surface area contributed by atoms with Gasteiger partial charge in [0, 0.05) is 12.1 Å². The first-order valence-corrected chi connectivity index (χ1v) is 3.08. The largest absolute Gasteiger partial charge is 0.475 e. The van der Waals surface area contributed by atoms with Crippen molar-refractivity contribution in [3.05, 3.63) is 23.9 Å². The fraction of sp³-hybridized carbons (Fsp3) is 0.143. The van der Waals surface area contributed by atoms with E-state index in [1.165, 1.54) is 6.08 Å². The van der Waals surface area contributed by atoms with Gasteiger partial charge in [0.1, 0.15) is 0 Å². The van der Waals surface area contributed by atoms with E-state index in [1.54, 1.807) is 12.3 Å². The van der Waals surface area contributed by atoms with Gasteiger partial charge in [0.2, 0.25) is 0 Å². The van der Waals surface area contributed by atoms with Gasteiger partial charge in [-0.3, -0.25) is 4.79 Å². The number of carbonyl (C=O) groups is 2. The molecule has 1 aliphatic rings. The highest BCUT2D eigenvalue weighted by molar-refractivity contribution is 6.39. The second-order valence-corrected chi connectivity index (χ2v) is 2.07. The molecule has 0 unspecified atom stereocenters. The predicted molar refractivity (Wildman–Crippen MR) is 37.9 cm³/mol. The van der Waals surface area contributed by atoms with E-state index in [9.17, 15) is 9.59 Å². The van der Waals surface area contributed by atoms with E-state index in [1.807, 2.05) is 0 Å². The van der Waals surface area contributed by atoms with Crippen LogP contribution < -0.4 is 5.32 Å². The smallest absolute Gasteiger partial charge is 0.376 e. The van der Waals surface area contributed by atoms with Gasteiger partial charge < -0.3 is 10.4 Å². The highest BCUT2D eigenvalue weighted by Gasteiger charge is 2.16. The Bertz CT molecular complexity index is 252. The van der Waals surface area contributed by atoms with Crippen molar-refractivity contribution >= 4 is 11.8 Å². The first-order valence-electron chi connectivity index (χ1n) is 3.08. The number of Topliss-reactive ketones (excluding diaryl/α,β-unsaturated/α-hetero) is 1. The van der Waals surface area contributed by atoms with Gasteiger partial charge in [-0.15, -0.1) is 0 Å². The van der Waals surface area contributed by atoms with Crippen molar-refractivity contribution in [3.63, 3.8) is 0 Å². The summed E-state index contributed by atoms with van der Waals surface area (Å²) in [5, 5.41) is 11.0. The monoisotopic (exact) mass is 153 g/mol. The minimum Gasteiger partial charge on any atom is -0.475 e. The Hall–Kier alpha value is -1.58. The molecule has 58 valence electrons. The maximum absolute atomic E-state index is 10.8. The molecule has 4 nitrogen and oxygen atoms in total. The van der Waals surface area contributed by atoms with Crippen molar-refractivity contribution in [2.24, 2.45) is 0 Å². The standard InChI is InChI=1S/C7H7NO3/c9-6(7(10)11)5-2-1-3-8-4-5/h1-3,8H,4H2,(H,10,11). The molecule has 0 spiro atoms. The van der Waals surface area contributed by atoms with Crippen LogP contribution in [0.2, 0.25) is 0 Å². The predicted octanol–water partition coefficient (Wildman–Crippen LogP) is -0.317. The molecule has 1 aliphatic heterocycles. The summed E-state index contributed by atoms with van der Waals surface area (Å²) >= 11 is 0. The SMILES string of the molecule is O=C(O)C(=O)C1=CC=CNC1. The van der Waals surface area contributed by atoms with E-state index < -0.39 is 11.8 Å². The number of rotatable bonds is 2. The van der Waals surface area contributed by atoms with Crippen molar-refractivity contribution in [2.75, 3.05) is 6.54 Å². The molecule has 2 N–H and O–H groups in total. The van der Waals surface area contributed by atoms with Crippen LogP contribution in [-0.4, -0.2) is 23.4 Å². The fourth-order valence-corrected chi connectivity index (χ4v) is 0.753. The lowest BCUT2D eigenvalue weighted by atomic mass is 10.1. The third-order valence-corrected chi connectivity index (χ3v) is 1.29. The minimum absolute atomic E-state index is 0.278. The number of hydrogen-bond donors (Lipinski definition) is 2. The molecule has 0 aliphatic carbocycles. The van der Waals surface area contributed by atoms with Crippen LogP contribution in [0, 0.1) is 0 Å². The van der Waals surface area contributed by atoms with E-state index in [0.717, 1.165) is 0 Å². The molecule has 0 saturated heterocycles. The third-order valence-electron chi connectivity index (χ3n) is 1.29. The second-order valence-electron chi connectivity index (χ2n) is 2.07. The molecular formula is C7H7NO3. The molecule has 0 aromatic carbocycles. The number of carboxylic acid groups (broad SMARTS) is 1. The van der Waals surface area contributed by atoms with Gasteiger partial charge >= 0.3 is 5.97 Å². The number of dihydropyridines is 1. The summed E-state index contributed by atoms with van der Waals surface area (Å²) in [6, 6.07) is 0. The third kappa shape index (κ3) is 1.67. The Morgan fingerprint density at radius 3 is 2.73 bits per heavy atom. The van der Waals surface area contributed by atoms with Gasteiger partial charge in [0.25, 0.3) is 5.78 Å². The first-order chi connectivity index (χ1) is 5.22. The Balaban J connectivity index is 2.74. The van der Waals surface area contributed by atoms with E-state index in [4.69, 9.17) is 5.11 Å². The molecule has 1 heterocycles. The summed E-state index contributed by atoms with van der Waals surface area (Å²) in [7, 11) is 0. The average molecular weight is 153 g/mol. The zero-order valence-corrected chi connectivity index (χ0v) is 5.70. The molecule has 0 atom stereocenters. The van der Waals surface area contributed by atoms with Crippen molar-refractivity contribution in [2.45, 2.75) is 0 Å². The summed E-state index contributed by atoms with van der Waals surface area (Å²) in [5.41, 5.74) is 0.278. The lowest BCUT2D eigenvalue weighted by Gasteiger charge is -2.05. The van der Waals surface area contributed by atoms with Gasteiger partial charge in [0.05, 0.1) is 0 Å². The summed E-state index contributed by atoms with van der Waals surface area (Å²) in [6.45, 7) is 0.293. The number of hydrogen-bond acceptors (Lipinski definition) is 3. The van der Waals surface area contributed by atoms with Crippen LogP contribution in [-0.2, 0) is 9.59 Å². The Morgan fingerprint density at radius 1 is 1.55 bits per heavy atom. The summed E-state index contributed by atoms with van der Waals surface area (Å²) in [6.07, 6.45) is 4.74. The average Bonchev–Trinajstić information content (AvgIpc) is 2.05. The summed E-state index contributed by atoms with van der Waals surface area (Å²) in [5.74, 6) is -2.25. The second kappa shape index (κ2) is 3.01. The van der Waals surface area contributed by atoms with Crippen LogP contribution in [0.5, 0.6) is 0 Å². The van der Waals surface area contributed by atoms with Gasteiger partial charge in [-0.05, 0) is 12.3 Å². The Labute approximate surface area is 63.2 Å². The molecule has 0 fully saturated rings. The van der Waals surface area contributed by atoms with Crippen LogP contribution in [0.3, 0.4) is 0 Å². The number of carboxylic acids is 1. The van der Waals surface area contributed by atoms with Gasteiger partial charge in [-0.25, -0.2) is 4.79 Å². The van der Waals surface area contributed by atoms with E-state index in [0.29, 0.717) is 6.54 Å². The van der Waals surface area contributed by atoms with E-state index in [-0.39, 0.29) is 5.57 Å². The number of ketones is 1. The zero-order valence-electron chi connectivity index (χ0n) is 5.70. The highest BCUT2D eigenvalue weighted by Crippen LogP contribution is 1.99. The topological polar surface area (TPSA) is 66.4 Å². The normalized spacial score (nSPS) is 15.1. The van der Waals surface area contributed by atoms with Crippen LogP contribution in [0.1, 0.15) is 0 Å². The molecule has 4 heteroatoms. The lowest BCUT2D eigenvalue weighted by Crippen LogP contribution is -2.24. The van der Waals surface area contributed by atoms with Gasteiger partial charge in [0.15, 0.2) is 0 Å². The maximum atomic E-state index is 10.8. The van der Waals surface area contributed by atoms with Crippen molar-refractivity contribution in [1.29, 1.82) is 0 Å². The molecule has 1 rings (SSSR count). The number of aliphatic carboxylic acids is 1. The molecule has 0 bridgehead atoms. The molecule has 0 aromatic rings. The van der Waals surface area contributed by atoms with Crippen molar-refractivity contribution < 1.29 is 14.7 Å². The fourth-order valence-electron chi connectivity index (χ4n) is 0.753. The highest BCUT2D eigenvalue weighted by atomic mass is 16.4. The Morgan fingerprint density at radius 2 is 2.27 bits per heavy atom. The van der Waals surface area contributed by atoms with Crippen LogP contribution in [0.25, 0.3) is 0 Å².